The van der Waals surface area contributed by atoms with Crippen molar-refractivity contribution >= 4 is 15.7 Å². The third kappa shape index (κ3) is 3.15. The van der Waals surface area contributed by atoms with Crippen molar-refractivity contribution in [3.8, 4) is 0 Å². The molecule has 2 aromatic rings. The Bertz CT molecular complexity index is 699. The van der Waals surface area contributed by atoms with Gasteiger partial charge in [-0.2, -0.15) is 0 Å². The molecular weight excluding hydrogens is 274 g/mol. The molecule has 1 aromatic heterocycles. The molecule has 0 fully saturated rings. The standard InChI is InChI=1S/C14H17N3O2S/c1-11-13(7-5-9-16-11)17-20(18,19)14-8-4-3-6-12(14)10-15-2/h3-9,15,17H,10H2,1-2H3. The van der Waals surface area contributed by atoms with Gasteiger partial charge in [-0.05, 0) is 37.7 Å². The zero-order chi connectivity index (χ0) is 14.6. The lowest BCUT2D eigenvalue weighted by molar-refractivity contribution is 0.599. The molecular formula is C14H17N3O2S. The van der Waals surface area contributed by atoms with Crippen LogP contribution >= 0.6 is 0 Å². The first-order valence-electron chi connectivity index (χ1n) is 6.21. The van der Waals surface area contributed by atoms with Gasteiger partial charge in [0.15, 0.2) is 0 Å². The van der Waals surface area contributed by atoms with Gasteiger partial charge in [-0.3, -0.25) is 9.71 Å². The highest BCUT2D eigenvalue weighted by Gasteiger charge is 2.18. The van der Waals surface area contributed by atoms with Crippen LogP contribution in [0.25, 0.3) is 0 Å². The van der Waals surface area contributed by atoms with E-state index in [1.165, 1.54) is 0 Å². The number of sulfonamides is 1. The molecule has 0 radical (unpaired) electrons. The van der Waals surface area contributed by atoms with E-state index in [0.717, 1.165) is 5.56 Å². The van der Waals surface area contributed by atoms with Gasteiger partial charge in [0.2, 0.25) is 0 Å². The van der Waals surface area contributed by atoms with Crippen molar-refractivity contribution in [2.24, 2.45) is 0 Å². The zero-order valence-corrected chi connectivity index (χ0v) is 12.2. The van der Waals surface area contributed by atoms with Crippen molar-refractivity contribution in [2.45, 2.75) is 18.4 Å². The lowest BCUT2D eigenvalue weighted by Gasteiger charge is -2.13. The molecule has 0 amide bonds. The highest BCUT2D eigenvalue weighted by atomic mass is 32.2. The molecule has 1 aromatic carbocycles. The molecule has 0 aliphatic carbocycles. The number of nitrogens with one attached hydrogen (secondary N) is 2. The van der Waals surface area contributed by atoms with Crippen molar-refractivity contribution in [3.05, 3.63) is 53.9 Å². The molecule has 2 rings (SSSR count). The van der Waals surface area contributed by atoms with E-state index in [9.17, 15) is 8.42 Å². The molecule has 1 heterocycles. The number of benzene rings is 1. The summed E-state index contributed by atoms with van der Waals surface area (Å²) < 4.78 is 27.5. The van der Waals surface area contributed by atoms with Gasteiger partial charge in [-0.25, -0.2) is 8.42 Å². The van der Waals surface area contributed by atoms with Gasteiger partial charge >= 0.3 is 0 Å². The van der Waals surface area contributed by atoms with Crippen LogP contribution in [-0.2, 0) is 16.6 Å². The highest BCUT2D eigenvalue weighted by molar-refractivity contribution is 7.92. The summed E-state index contributed by atoms with van der Waals surface area (Å²) in [6.45, 7) is 2.25. The van der Waals surface area contributed by atoms with Gasteiger partial charge in [-0.1, -0.05) is 18.2 Å². The molecule has 0 unspecified atom stereocenters. The van der Waals surface area contributed by atoms with Crippen LogP contribution in [0.1, 0.15) is 11.3 Å². The van der Waals surface area contributed by atoms with E-state index in [1.807, 2.05) is 6.07 Å². The first kappa shape index (κ1) is 14.5. The fourth-order valence-corrected chi connectivity index (χ4v) is 3.25. The van der Waals surface area contributed by atoms with Crippen LogP contribution in [-0.4, -0.2) is 20.4 Å². The summed E-state index contributed by atoms with van der Waals surface area (Å²) in [6.07, 6.45) is 1.63. The van der Waals surface area contributed by atoms with Crippen LogP contribution in [0.4, 0.5) is 5.69 Å². The van der Waals surface area contributed by atoms with Crippen LogP contribution < -0.4 is 10.0 Å². The summed E-state index contributed by atoms with van der Waals surface area (Å²) in [6, 6.07) is 10.3. The maximum absolute atomic E-state index is 12.5. The second-order valence-corrected chi connectivity index (χ2v) is 6.03. The van der Waals surface area contributed by atoms with E-state index < -0.39 is 10.0 Å². The second-order valence-electron chi connectivity index (χ2n) is 4.38. The Balaban J connectivity index is 2.39. The Hall–Kier alpha value is -1.92. The van der Waals surface area contributed by atoms with Crippen LogP contribution in [0.3, 0.4) is 0 Å². The minimum Gasteiger partial charge on any atom is -0.316 e. The third-order valence-electron chi connectivity index (χ3n) is 2.88. The van der Waals surface area contributed by atoms with Gasteiger partial charge in [-0.15, -0.1) is 0 Å². The summed E-state index contributed by atoms with van der Waals surface area (Å²) in [5, 5.41) is 2.97. The summed E-state index contributed by atoms with van der Waals surface area (Å²) in [7, 11) is -1.84. The quantitative estimate of drug-likeness (QED) is 0.883. The fraction of sp³-hybridized carbons (Fsp3) is 0.214. The first-order valence-corrected chi connectivity index (χ1v) is 7.70. The Morgan fingerprint density at radius 1 is 1.15 bits per heavy atom. The van der Waals surface area contributed by atoms with E-state index >= 15 is 0 Å². The molecule has 0 atom stereocenters. The number of hydrogen-bond acceptors (Lipinski definition) is 4. The largest absolute Gasteiger partial charge is 0.316 e. The van der Waals surface area contributed by atoms with E-state index in [4.69, 9.17) is 0 Å². The summed E-state index contributed by atoms with van der Waals surface area (Å²) in [5.74, 6) is 0. The molecule has 106 valence electrons. The maximum atomic E-state index is 12.5. The predicted molar refractivity (Wildman–Crippen MR) is 79.0 cm³/mol. The Morgan fingerprint density at radius 2 is 1.90 bits per heavy atom. The van der Waals surface area contributed by atoms with Crippen LogP contribution in [0.15, 0.2) is 47.5 Å². The number of anilines is 1. The van der Waals surface area contributed by atoms with Gasteiger partial charge in [0.1, 0.15) is 0 Å². The minimum atomic E-state index is -3.62. The molecule has 0 aliphatic heterocycles. The van der Waals surface area contributed by atoms with Crippen LogP contribution in [0.5, 0.6) is 0 Å². The van der Waals surface area contributed by atoms with Crippen molar-refractivity contribution in [2.75, 3.05) is 11.8 Å². The van der Waals surface area contributed by atoms with Gasteiger partial charge < -0.3 is 5.32 Å². The van der Waals surface area contributed by atoms with Crippen molar-refractivity contribution < 1.29 is 8.42 Å². The molecule has 20 heavy (non-hydrogen) atoms. The Kier molecular flexibility index (Phi) is 4.36. The summed E-state index contributed by atoms with van der Waals surface area (Å²) in [5.41, 5.74) is 1.86. The molecule has 0 bridgehead atoms. The average Bonchev–Trinajstić information content (AvgIpc) is 2.42. The lowest BCUT2D eigenvalue weighted by Crippen LogP contribution is -2.18. The first-order chi connectivity index (χ1) is 9.54. The molecule has 6 heteroatoms. The SMILES string of the molecule is CNCc1ccccc1S(=O)(=O)Nc1cccnc1C. The lowest BCUT2D eigenvalue weighted by atomic mass is 10.2. The summed E-state index contributed by atoms with van der Waals surface area (Å²) in [4.78, 5) is 4.35. The predicted octanol–water partition coefficient (Wildman–Crippen LogP) is 1.91. The smallest absolute Gasteiger partial charge is 0.262 e. The number of rotatable bonds is 5. The monoisotopic (exact) mass is 291 g/mol. The Morgan fingerprint density at radius 3 is 2.60 bits per heavy atom. The van der Waals surface area contributed by atoms with Gasteiger partial charge in [0.05, 0.1) is 16.3 Å². The van der Waals surface area contributed by atoms with E-state index in [-0.39, 0.29) is 4.90 Å². The number of aryl methyl sites for hydroxylation is 1. The molecule has 2 N–H and O–H groups in total. The molecule has 0 saturated heterocycles. The van der Waals surface area contributed by atoms with Crippen LogP contribution in [0, 0.1) is 6.92 Å². The van der Waals surface area contributed by atoms with E-state index in [1.54, 1.807) is 50.5 Å². The van der Waals surface area contributed by atoms with Crippen molar-refractivity contribution in [3.63, 3.8) is 0 Å². The topological polar surface area (TPSA) is 71.1 Å². The third-order valence-corrected chi connectivity index (χ3v) is 4.35. The van der Waals surface area contributed by atoms with Crippen molar-refractivity contribution in [1.29, 1.82) is 0 Å². The normalized spacial score (nSPS) is 11.3. The zero-order valence-electron chi connectivity index (χ0n) is 11.4. The van der Waals surface area contributed by atoms with Gasteiger partial charge in [0.25, 0.3) is 10.0 Å². The Labute approximate surface area is 119 Å². The van der Waals surface area contributed by atoms with Crippen LogP contribution in [0.2, 0.25) is 0 Å². The number of pyridine rings is 1. The summed E-state index contributed by atoms with van der Waals surface area (Å²) >= 11 is 0. The number of hydrogen-bond donors (Lipinski definition) is 2. The second kappa shape index (κ2) is 6.02. The minimum absolute atomic E-state index is 0.276. The van der Waals surface area contributed by atoms with E-state index in [2.05, 4.69) is 15.0 Å². The highest BCUT2D eigenvalue weighted by Crippen LogP contribution is 2.20. The fourth-order valence-electron chi connectivity index (χ4n) is 1.89. The molecule has 5 nitrogen and oxygen atoms in total. The molecule has 0 aliphatic rings. The number of aromatic nitrogens is 1. The molecule has 0 spiro atoms. The number of nitrogens with zero attached hydrogens (tertiary/aromatic N) is 1. The van der Waals surface area contributed by atoms with Crippen molar-refractivity contribution in [1.82, 2.24) is 10.3 Å². The van der Waals surface area contributed by atoms with Gasteiger partial charge in [0, 0.05) is 12.7 Å². The maximum Gasteiger partial charge on any atom is 0.262 e. The average molecular weight is 291 g/mol. The molecule has 0 saturated carbocycles. The van der Waals surface area contributed by atoms with E-state index in [0.29, 0.717) is 17.9 Å².